The van der Waals surface area contributed by atoms with Crippen molar-refractivity contribution in [1.29, 1.82) is 0 Å². The summed E-state index contributed by atoms with van der Waals surface area (Å²) in [6, 6.07) is 83.6. The first-order valence-electron chi connectivity index (χ1n) is 25.4. The lowest BCUT2D eigenvalue weighted by Gasteiger charge is -2.21. The van der Waals surface area contributed by atoms with Crippen molar-refractivity contribution < 1.29 is 0 Å². The fraction of sp³-hybridized carbons (Fsp3) is 0.0441. The molecular formula is C68H44N6. The summed E-state index contributed by atoms with van der Waals surface area (Å²) in [7, 11) is 0. The molecule has 4 heterocycles. The molecule has 0 saturated carbocycles. The van der Waals surface area contributed by atoms with Crippen LogP contribution in [0.1, 0.15) is 25.0 Å². The molecule has 0 spiro atoms. The number of aromatic nitrogens is 6. The van der Waals surface area contributed by atoms with E-state index in [4.69, 9.17) is 15.0 Å². The van der Waals surface area contributed by atoms with E-state index in [0.717, 1.165) is 76.9 Å². The summed E-state index contributed by atoms with van der Waals surface area (Å²) < 4.78 is 7.21. The molecule has 0 atom stereocenters. The van der Waals surface area contributed by atoms with E-state index >= 15 is 0 Å². The SMILES string of the molecule is CC1(C)c2ccccc2-c2cc(-n3c4ccccc4c4c5c6ccccc6n(-c6cccc7c6c6ccccc6n7-c6nc(-c7cccc8ccccc78)nc(-c7cccc8ccccc78)n6)c5ccc43)ccc21. The van der Waals surface area contributed by atoms with Crippen LogP contribution in [0.15, 0.2) is 231 Å². The topological polar surface area (TPSA) is 53.5 Å². The molecule has 0 aliphatic heterocycles. The fourth-order valence-corrected chi connectivity index (χ4v) is 12.9. The van der Waals surface area contributed by atoms with Crippen LogP contribution in [-0.4, -0.2) is 28.7 Å². The molecule has 1 aliphatic carbocycles. The highest BCUT2D eigenvalue weighted by Gasteiger charge is 2.35. The van der Waals surface area contributed by atoms with Crippen molar-refractivity contribution >= 4 is 87.0 Å². The van der Waals surface area contributed by atoms with E-state index < -0.39 is 0 Å². The number of para-hydroxylation sites is 3. The van der Waals surface area contributed by atoms with Gasteiger partial charge in [-0.3, -0.25) is 4.57 Å². The van der Waals surface area contributed by atoms with Crippen LogP contribution in [0.5, 0.6) is 0 Å². The minimum atomic E-state index is -0.0688. The van der Waals surface area contributed by atoms with Crippen molar-refractivity contribution in [1.82, 2.24) is 28.7 Å². The van der Waals surface area contributed by atoms with E-state index in [2.05, 4.69) is 258 Å². The predicted molar refractivity (Wildman–Crippen MR) is 306 cm³/mol. The molecule has 0 amide bonds. The van der Waals surface area contributed by atoms with Gasteiger partial charge in [-0.05, 0) is 98.4 Å². The first-order valence-corrected chi connectivity index (χ1v) is 25.4. The minimum absolute atomic E-state index is 0.0688. The Hall–Kier alpha value is -9.65. The average Bonchev–Trinajstić information content (AvgIpc) is 4.18. The zero-order valence-electron chi connectivity index (χ0n) is 40.6. The number of benzene rings is 11. The second-order valence-electron chi connectivity index (χ2n) is 20.3. The standard InChI is InChI=1S/C68H44N6/c1-68(2)53-30-11-7-24-46(53)52-40-43(36-37-54(52)68)72-55-31-12-9-26-50(55)63-60(72)38-39-61-64(63)51-27-10-13-32-56(51)73(61)58-34-17-35-59-62(58)49-25-8-14-33-57(49)74(59)67-70-65(47-28-15-20-41-18-3-5-22-44(41)47)69-66(71-67)48-29-16-21-42-19-4-6-23-45(42)48/h3-40H,1-2H3. The third kappa shape index (κ3) is 5.62. The molecule has 16 rings (SSSR count). The summed E-state index contributed by atoms with van der Waals surface area (Å²) in [5.41, 5.74) is 16.2. The van der Waals surface area contributed by atoms with E-state index in [-0.39, 0.29) is 5.41 Å². The van der Waals surface area contributed by atoms with Gasteiger partial charge in [0, 0.05) is 54.5 Å². The Labute approximate surface area is 425 Å². The molecule has 0 fully saturated rings. The van der Waals surface area contributed by atoms with Gasteiger partial charge in [-0.1, -0.05) is 190 Å². The Morgan fingerprint density at radius 3 is 1.41 bits per heavy atom. The zero-order chi connectivity index (χ0) is 48.8. The second kappa shape index (κ2) is 15.2. The molecule has 74 heavy (non-hydrogen) atoms. The van der Waals surface area contributed by atoms with E-state index in [1.807, 2.05) is 0 Å². The molecule has 1 aliphatic rings. The lowest BCUT2D eigenvalue weighted by molar-refractivity contribution is 0.660. The van der Waals surface area contributed by atoms with Gasteiger partial charge in [-0.25, -0.2) is 4.98 Å². The Balaban J connectivity index is 0.958. The minimum Gasteiger partial charge on any atom is -0.309 e. The molecule has 0 radical (unpaired) electrons. The molecule has 11 aromatic carbocycles. The van der Waals surface area contributed by atoms with E-state index in [1.165, 1.54) is 54.8 Å². The summed E-state index contributed by atoms with van der Waals surface area (Å²) in [4.78, 5) is 16.2. The van der Waals surface area contributed by atoms with Gasteiger partial charge < -0.3 is 9.13 Å². The summed E-state index contributed by atoms with van der Waals surface area (Å²) >= 11 is 0. The zero-order valence-corrected chi connectivity index (χ0v) is 40.6. The summed E-state index contributed by atoms with van der Waals surface area (Å²) in [6.07, 6.45) is 0. The maximum atomic E-state index is 5.45. The average molecular weight is 945 g/mol. The Bertz CT molecular complexity index is 4780. The quantitative estimate of drug-likeness (QED) is 0.173. The summed E-state index contributed by atoms with van der Waals surface area (Å²) in [6.45, 7) is 4.70. The van der Waals surface area contributed by atoms with Crippen LogP contribution in [0.2, 0.25) is 0 Å². The highest BCUT2D eigenvalue weighted by atomic mass is 15.2. The maximum absolute atomic E-state index is 5.45. The first kappa shape index (κ1) is 41.0. The molecule has 15 aromatic rings. The van der Waals surface area contributed by atoms with E-state index in [0.29, 0.717) is 17.6 Å². The normalized spacial score (nSPS) is 13.1. The molecule has 0 bridgehead atoms. The van der Waals surface area contributed by atoms with Crippen molar-refractivity contribution in [2.24, 2.45) is 0 Å². The van der Waals surface area contributed by atoms with Crippen molar-refractivity contribution in [2.75, 3.05) is 0 Å². The van der Waals surface area contributed by atoms with Crippen LogP contribution in [0, 0.1) is 0 Å². The third-order valence-corrected chi connectivity index (χ3v) is 16.1. The highest BCUT2D eigenvalue weighted by molar-refractivity contribution is 6.29. The number of hydrogen-bond acceptors (Lipinski definition) is 3. The van der Waals surface area contributed by atoms with Crippen molar-refractivity contribution in [3.63, 3.8) is 0 Å². The van der Waals surface area contributed by atoms with Crippen LogP contribution in [0.3, 0.4) is 0 Å². The monoisotopic (exact) mass is 944 g/mol. The molecule has 0 unspecified atom stereocenters. The number of nitrogens with zero attached hydrogens (tertiary/aromatic N) is 6. The number of hydrogen-bond donors (Lipinski definition) is 0. The summed E-state index contributed by atoms with van der Waals surface area (Å²) in [5, 5.41) is 11.6. The first-order chi connectivity index (χ1) is 36.5. The number of rotatable bonds is 5. The van der Waals surface area contributed by atoms with E-state index in [9.17, 15) is 0 Å². The largest absolute Gasteiger partial charge is 0.309 e. The lowest BCUT2D eigenvalue weighted by atomic mass is 9.82. The van der Waals surface area contributed by atoms with E-state index in [1.54, 1.807) is 0 Å². The maximum Gasteiger partial charge on any atom is 0.238 e. The molecule has 0 N–H and O–H groups in total. The molecular weight excluding hydrogens is 901 g/mol. The van der Waals surface area contributed by atoms with Crippen LogP contribution in [-0.2, 0) is 5.41 Å². The highest BCUT2D eigenvalue weighted by Crippen LogP contribution is 2.50. The van der Waals surface area contributed by atoms with Gasteiger partial charge in [0.1, 0.15) is 0 Å². The number of fused-ring (bicyclic) bond motifs is 15. The van der Waals surface area contributed by atoms with Crippen LogP contribution in [0.25, 0.3) is 138 Å². The third-order valence-electron chi connectivity index (χ3n) is 16.1. The van der Waals surface area contributed by atoms with Crippen LogP contribution >= 0.6 is 0 Å². The van der Waals surface area contributed by atoms with Gasteiger partial charge in [0.25, 0.3) is 0 Å². The van der Waals surface area contributed by atoms with Gasteiger partial charge in [-0.2, -0.15) is 9.97 Å². The van der Waals surface area contributed by atoms with Gasteiger partial charge in [0.15, 0.2) is 11.6 Å². The molecule has 0 saturated heterocycles. The van der Waals surface area contributed by atoms with Gasteiger partial charge in [0.2, 0.25) is 5.95 Å². The fourth-order valence-electron chi connectivity index (χ4n) is 12.9. The predicted octanol–water partition coefficient (Wildman–Crippen LogP) is 17.1. The van der Waals surface area contributed by atoms with Crippen molar-refractivity contribution in [3.05, 3.63) is 242 Å². The molecule has 4 aromatic heterocycles. The van der Waals surface area contributed by atoms with Gasteiger partial charge in [-0.15, -0.1) is 0 Å². The van der Waals surface area contributed by atoms with Gasteiger partial charge in [0.05, 0.1) is 38.8 Å². The second-order valence-corrected chi connectivity index (χ2v) is 20.3. The Morgan fingerprint density at radius 2 is 0.757 bits per heavy atom. The van der Waals surface area contributed by atoms with Crippen molar-refractivity contribution in [3.8, 4) is 51.2 Å². The summed E-state index contributed by atoms with van der Waals surface area (Å²) in [5.74, 6) is 1.80. The lowest BCUT2D eigenvalue weighted by Crippen LogP contribution is -2.14. The van der Waals surface area contributed by atoms with Crippen LogP contribution in [0.4, 0.5) is 0 Å². The molecule has 6 heteroatoms. The molecule has 346 valence electrons. The Kier molecular flexibility index (Phi) is 8.42. The van der Waals surface area contributed by atoms with Crippen LogP contribution < -0.4 is 0 Å². The van der Waals surface area contributed by atoms with Gasteiger partial charge >= 0.3 is 0 Å². The van der Waals surface area contributed by atoms with Crippen molar-refractivity contribution in [2.45, 2.75) is 19.3 Å². The smallest absolute Gasteiger partial charge is 0.238 e. The molecule has 6 nitrogen and oxygen atoms in total. The Morgan fingerprint density at radius 1 is 0.311 bits per heavy atom.